The fraction of sp³-hybridized carbons (Fsp3) is 0.811. The van der Waals surface area contributed by atoms with E-state index in [1.165, 1.54) is 141 Å². The van der Waals surface area contributed by atoms with Crippen molar-refractivity contribution in [2.75, 3.05) is 13.2 Å². The number of ether oxygens (including phenoxy) is 1. The van der Waals surface area contributed by atoms with E-state index in [0.29, 0.717) is 19.3 Å². The molecule has 0 heterocycles. The molecule has 0 aliphatic rings. The Balaban J connectivity index is 4.32. The van der Waals surface area contributed by atoms with E-state index >= 15 is 0 Å². The van der Waals surface area contributed by atoms with Crippen LogP contribution in [0.15, 0.2) is 36.5 Å². The molecule has 0 saturated carbocycles. The van der Waals surface area contributed by atoms with Crippen LogP contribution >= 0.6 is 0 Å². The molecule has 0 radical (unpaired) electrons. The van der Waals surface area contributed by atoms with E-state index in [2.05, 4.69) is 60.9 Å². The van der Waals surface area contributed by atoms with Gasteiger partial charge in [-0.25, -0.2) is 4.79 Å². The fourth-order valence-electron chi connectivity index (χ4n) is 7.66. The van der Waals surface area contributed by atoms with Gasteiger partial charge in [-0.05, 0) is 77.0 Å². The van der Waals surface area contributed by atoms with Crippen molar-refractivity contribution in [1.82, 2.24) is 10.6 Å². The van der Waals surface area contributed by atoms with E-state index in [4.69, 9.17) is 14.9 Å². The number of hydrogen-bond donors (Lipinski definition) is 4. The molecule has 0 spiro atoms. The number of aliphatic hydroxyl groups excluding tert-OH is 1. The van der Waals surface area contributed by atoms with Gasteiger partial charge < -0.3 is 25.6 Å². The average molecular weight is 873 g/mol. The maximum Gasteiger partial charge on any atom is 0.328 e. The Hall–Kier alpha value is -2.94. The normalized spacial score (nSPS) is 12.7. The largest absolute Gasteiger partial charge is 0.480 e. The third kappa shape index (κ3) is 43.7. The summed E-state index contributed by atoms with van der Waals surface area (Å²) in [4.78, 5) is 47.8. The molecule has 9 heteroatoms. The molecule has 0 bridgehead atoms. The molecule has 4 N–H and O–H groups in total. The van der Waals surface area contributed by atoms with Crippen LogP contribution in [0, 0.1) is 0 Å². The Bertz CT molecular complexity index is 1140. The molecule has 2 atom stereocenters. The van der Waals surface area contributed by atoms with Crippen molar-refractivity contribution >= 4 is 23.8 Å². The molecule has 0 aromatic carbocycles. The minimum atomic E-state index is -1.38. The smallest absolute Gasteiger partial charge is 0.328 e. The van der Waals surface area contributed by atoms with Gasteiger partial charge in [0.25, 0.3) is 0 Å². The fourth-order valence-corrected chi connectivity index (χ4v) is 7.66. The Morgan fingerprint density at radius 3 is 1.34 bits per heavy atom. The van der Waals surface area contributed by atoms with Crippen LogP contribution in [0.3, 0.4) is 0 Å². The number of unbranched alkanes of at least 4 members (excludes halogenated alkanes) is 27. The van der Waals surface area contributed by atoms with Gasteiger partial charge >= 0.3 is 11.9 Å². The summed E-state index contributed by atoms with van der Waals surface area (Å²) in [5, 5.41) is 22.6. The van der Waals surface area contributed by atoms with Crippen molar-refractivity contribution in [3.63, 3.8) is 0 Å². The van der Waals surface area contributed by atoms with Gasteiger partial charge in [-0.3, -0.25) is 14.4 Å². The molecule has 0 aromatic heterocycles. The third-order valence-electron chi connectivity index (χ3n) is 11.6. The highest BCUT2D eigenvalue weighted by Gasteiger charge is 2.19. The number of rotatable bonds is 47. The van der Waals surface area contributed by atoms with Gasteiger partial charge in [0.05, 0.1) is 13.2 Å². The van der Waals surface area contributed by atoms with Crippen LogP contribution in [0.5, 0.6) is 0 Å². The Labute approximate surface area is 380 Å². The Morgan fingerprint density at radius 2 is 0.871 bits per heavy atom. The second kappa shape index (κ2) is 47.5. The van der Waals surface area contributed by atoms with Crippen LogP contribution < -0.4 is 10.6 Å². The summed E-state index contributed by atoms with van der Waals surface area (Å²) in [7, 11) is 0. The number of carbonyl (C=O) groups excluding carboxylic acids is 3. The van der Waals surface area contributed by atoms with Crippen molar-refractivity contribution in [3.05, 3.63) is 36.5 Å². The first-order chi connectivity index (χ1) is 30.3. The van der Waals surface area contributed by atoms with Gasteiger partial charge in [-0.1, -0.05) is 198 Å². The van der Waals surface area contributed by atoms with E-state index in [1.807, 2.05) is 0 Å². The number of nitrogens with one attached hydrogen (secondary N) is 2. The SMILES string of the molecule is CCCCC/C=C\C/C=C\C/C=C\CCCCCCCCC(=O)OC(CCCCCCCCCCCCCCCCC)CCCCCCCC(=O)NCC(=O)NC(CO)C(=O)O. The van der Waals surface area contributed by atoms with Gasteiger partial charge in [0.1, 0.15) is 12.1 Å². The summed E-state index contributed by atoms with van der Waals surface area (Å²) in [6.07, 6.45) is 56.0. The maximum atomic E-state index is 12.9. The molecule has 0 aliphatic carbocycles. The summed E-state index contributed by atoms with van der Waals surface area (Å²) < 4.78 is 6.07. The van der Waals surface area contributed by atoms with E-state index < -0.39 is 24.5 Å². The molecular weight excluding hydrogens is 777 g/mol. The Kier molecular flexibility index (Phi) is 45.3. The average Bonchev–Trinajstić information content (AvgIpc) is 3.26. The van der Waals surface area contributed by atoms with Crippen LogP contribution in [0.4, 0.5) is 0 Å². The molecule has 2 amide bonds. The predicted molar refractivity (Wildman–Crippen MR) is 259 cm³/mol. The summed E-state index contributed by atoms with van der Waals surface area (Å²) in [6, 6.07) is -1.38. The lowest BCUT2D eigenvalue weighted by molar-refractivity contribution is -0.150. The van der Waals surface area contributed by atoms with Gasteiger partial charge in [0.2, 0.25) is 11.8 Å². The first-order valence-corrected chi connectivity index (χ1v) is 25.9. The van der Waals surface area contributed by atoms with Crippen molar-refractivity contribution < 1.29 is 34.1 Å². The zero-order chi connectivity index (χ0) is 45.4. The van der Waals surface area contributed by atoms with Gasteiger partial charge in [-0.15, -0.1) is 0 Å². The van der Waals surface area contributed by atoms with Gasteiger partial charge in [-0.2, -0.15) is 0 Å². The third-order valence-corrected chi connectivity index (χ3v) is 11.6. The molecule has 0 saturated heterocycles. The quantitative estimate of drug-likeness (QED) is 0.0271. The molecule has 0 aromatic rings. The summed E-state index contributed by atoms with van der Waals surface area (Å²) in [5.74, 6) is -2.29. The van der Waals surface area contributed by atoms with E-state index in [0.717, 1.165) is 77.0 Å². The lowest BCUT2D eigenvalue weighted by Crippen LogP contribution is -2.47. The maximum absolute atomic E-state index is 12.9. The minimum Gasteiger partial charge on any atom is -0.480 e. The zero-order valence-electron chi connectivity index (χ0n) is 40.1. The predicted octanol–water partition coefficient (Wildman–Crippen LogP) is 13.7. The summed E-state index contributed by atoms with van der Waals surface area (Å²) >= 11 is 0. The van der Waals surface area contributed by atoms with Gasteiger partial charge in [0, 0.05) is 12.8 Å². The monoisotopic (exact) mass is 873 g/mol. The highest BCUT2D eigenvalue weighted by atomic mass is 16.5. The molecule has 2 unspecified atom stereocenters. The number of hydrogen-bond acceptors (Lipinski definition) is 6. The number of carbonyl (C=O) groups is 4. The topological polar surface area (TPSA) is 142 Å². The molecule has 360 valence electrons. The standard InChI is InChI=1S/C53H96N2O7/c1-3-5-7-9-11-13-15-17-19-20-21-22-24-26-28-30-32-37-41-45-52(59)62-48(42-38-34-31-29-27-25-23-18-16-14-12-10-8-6-4-2)43-39-35-33-36-40-44-50(57)54-46-51(58)55-49(47-56)53(60)61/h11,13,17,19,21-22,48-49,56H,3-10,12,14-16,18,20,23-47H2,1-2H3,(H,54,57)(H,55,58)(H,60,61)/b13-11-,19-17-,22-21-. The molecule has 0 aliphatic heterocycles. The van der Waals surface area contributed by atoms with Crippen LogP contribution in [0.1, 0.15) is 251 Å². The first-order valence-electron chi connectivity index (χ1n) is 25.9. The van der Waals surface area contributed by atoms with Crippen LogP contribution in [0.25, 0.3) is 0 Å². The second-order valence-electron chi connectivity index (χ2n) is 17.6. The molecule has 9 nitrogen and oxygen atoms in total. The second-order valence-corrected chi connectivity index (χ2v) is 17.6. The summed E-state index contributed by atoms with van der Waals surface area (Å²) in [5.41, 5.74) is 0. The van der Waals surface area contributed by atoms with Crippen LogP contribution in [-0.2, 0) is 23.9 Å². The molecule has 0 rings (SSSR count). The minimum absolute atomic E-state index is 0.0198. The van der Waals surface area contributed by atoms with Gasteiger partial charge in [0.15, 0.2) is 0 Å². The number of amides is 2. The zero-order valence-corrected chi connectivity index (χ0v) is 40.1. The number of carboxylic acid groups (broad SMARTS) is 1. The highest BCUT2D eigenvalue weighted by molar-refractivity contribution is 5.87. The lowest BCUT2D eigenvalue weighted by atomic mass is 10.0. The first kappa shape index (κ1) is 59.1. The Morgan fingerprint density at radius 1 is 0.484 bits per heavy atom. The number of aliphatic carboxylic acids is 1. The number of aliphatic hydroxyl groups is 1. The number of esters is 1. The molecule has 62 heavy (non-hydrogen) atoms. The van der Waals surface area contributed by atoms with E-state index in [9.17, 15) is 19.2 Å². The summed E-state index contributed by atoms with van der Waals surface area (Å²) in [6.45, 7) is 3.48. The highest BCUT2D eigenvalue weighted by Crippen LogP contribution is 2.19. The molecule has 0 fully saturated rings. The lowest BCUT2D eigenvalue weighted by Gasteiger charge is -2.18. The van der Waals surface area contributed by atoms with Crippen molar-refractivity contribution in [1.29, 1.82) is 0 Å². The number of allylic oxidation sites excluding steroid dienone is 6. The number of carboxylic acids is 1. The van der Waals surface area contributed by atoms with Crippen molar-refractivity contribution in [2.45, 2.75) is 264 Å². The molecular formula is C53H96N2O7. The van der Waals surface area contributed by atoms with Crippen LogP contribution in [-0.4, -0.2) is 59.3 Å². The van der Waals surface area contributed by atoms with Crippen molar-refractivity contribution in [2.24, 2.45) is 0 Å². The van der Waals surface area contributed by atoms with E-state index in [1.54, 1.807) is 0 Å². The van der Waals surface area contributed by atoms with Crippen molar-refractivity contribution in [3.8, 4) is 0 Å². The van der Waals surface area contributed by atoms with Crippen LogP contribution in [0.2, 0.25) is 0 Å². The van der Waals surface area contributed by atoms with E-state index in [-0.39, 0.29) is 24.5 Å².